The van der Waals surface area contributed by atoms with Crippen molar-refractivity contribution in [3.63, 3.8) is 0 Å². The molecule has 1 aromatic heterocycles. The maximum Gasteiger partial charge on any atom is 0.119 e. The predicted octanol–water partition coefficient (Wildman–Crippen LogP) is 5.04. The maximum atomic E-state index is 6.13. The van der Waals surface area contributed by atoms with Crippen LogP contribution < -0.4 is 9.46 Å². The molecule has 2 atom stereocenters. The van der Waals surface area contributed by atoms with E-state index in [0.29, 0.717) is 18.6 Å². The zero-order valence-corrected chi connectivity index (χ0v) is 18.7. The Hall–Kier alpha value is -2.21. The summed E-state index contributed by atoms with van der Waals surface area (Å²) in [4.78, 5) is 6.96. The third-order valence-corrected chi connectivity index (χ3v) is 7.42. The normalized spacial score (nSPS) is 20.8. The zero-order chi connectivity index (χ0) is 20.9. The molecule has 2 aliphatic rings. The van der Waals surface area contributed by atoms with Crippen LogP contribution in [0.25, 0.3) is 0 Å². The molecule has 0 spiro atoms. The van der Waals surface area contributed by atoms with Gasteiger partial charge in [0.2, 0.25) is 0 Å². The van der Waals surface area contributed by atoms with E-state index in [1.807, 2.05) is 12.4 Å². The van der Waals surface area contributed by atoms with Gasteiger partial charge in [-0.05, 0) is 85.6 Å². The number of aromatic nitrogens is 1. The van der Waals surface area contributed by atoms with Crippen LogP contribution in [0, 0.1) is 0 Å². The molecular formula is C26H31N3OS. The van der Waals surface area contributed by atoms with Crippen molar-refractivity contribution in [3.8, 4) is 5.75 Å². The van der Waals surface area contributed by atoms with Crippen LogP contribution in [0.15, 0.2) is 71.9 Å². The second-order valence-electron chi connectivity index (χ2n) is 8.54. The summed E-state index contributed by atoms with van der Waals surface area (Å²) in [6, 6.07) is 20.5. The van der Waals surface area contributed by atoms with Gasteiger partial charge in [-0.3, -0.25) is 9.62 Å². The molecule has 0 saturated carbocycles. The molecule has 2 N–H and O–H groups in total. The average Bonchev–Trinajstić information content (AvgIpc) is 3.28. The van der Waals surface area contributed by atoms with Gasteiger partial charge in [0.15, 0.2) is 0 Å². The monoisotopic (exact) mass is 433 g/mol. The second kappa shape index (κ2) is 9.94. The molecule has 5 rings (SSSR count). The van der Waals surface area contributed by atoms with Crippen molar-refractivity contribution in [1.82, 2.24) is 14.6 Å². The number of ether oxygens (including phenoxy) is 1. The van der Waals surface area contributed by atoms with Gasteiger partial charge in [-0.15, -0.1) is 0 Å². The zero-order valence-electron chi connectivity index (χ0n) is 17.9. The lowest BCUT2D eigenvalue weighted by atomic mass is 9.75. The van der Waals surface area contributed by atoms with Gasteiger partial charge >= 0.3 is 0 Å². The van der Waals surface area contributed by atoms with Gasteiger partial charge < -0.3 is 9.72 Å². The van der Waals surface area contributed by atoms with E-state index in [1.165, 1.54) is 53.9 Å². The standard InChI is InChI=1S/C26H31N3OS/c1-2-5-20(6-3-1)17-25-24-18-22(30-16-13-28-31-23-11-12-27-19-23)9-7-21(24)8-10-26(25)29-14-4-15-29/h1-3,5-7,9,11-12,18-19,25-28H,4,8,10,13-17H2. The number of hydrogen-bond acceptors (Lipinski definition) is 4. The minimum absolute atomic E-state index is 0.539. The Bertz CT molecular complexity index is 956. The Morgan fingerprint density at radius 2 is 2.00 bits per heavy atom. The lowest BCUT2D eigenvalue weighted by Crippen LogP contribution is -2.49. The van der Waals surface area contributed by atoms with Gasteiger partial charge in [0.05, 0.1) is 0 Å². The lowest BCUT2D eigenvalue weighted by Gasteiger charge is -2.45. The van der Waals surface area contributed by atoms with Gasteiger partial charge in [0, 0.05) is 35.8 Å². The number of likely N-dealkylation sites (tertiary alicyclic amines) is 1. The van der Waals surface area contributed by atoms with E-state index in [0.717, 1.165) is 18.7 Å². The summed E-state index contributed by atoms with van der Waals surface area (Å²) < 4.78 is 9.49. The number of fused-ring (bicyclic) bond motifs is 1. The van der Waals surface area contributed by atoms with E-state index in [2.05, 4.69) is 69.2 Å². The first kappa shape index (κ1) is 20.7. The van der Waals surface area contributed by atoms with E-state index >= 15 is 0 Å². The van der Waals surface area contributed by atoms with Crippen molar-refractivity contribution in [3.05, 3.63) is 83.7 Å². The van der Waals surface area contributed by atoms with Crippen LogP contribution in [-0.4, -0.2) is 42.2 Å². The highest BCUT2D eigenvalue weighted by Gasteiger charge is 2.35. The van der Waals surface area contributed by atoms with Gasteiger partial charge in [0.25, 0.3) is 0 Å². The second-order valence-corrected chi connectivity index (χ2v) is 9.51. The van der Waals surface area contributed by atoms with E-state index in [1.54, 1.807) is 11.9 Å². The first-order valence-electron chi connectivity index (χ1n) is 11.4. The van der Waals surface area contributed by atoms with E-state index in [-0.39, 0.29) is 0 Å². The number of nitrogens with zero attached hydrogens (tertiary/aromatic N) is 1. The molecule has 31 heavy (non-hydrogen) atoms. The van der Waals surface area contributed by atoms with Crippen molar-refractivity contribution >= 4 is 11.9 Å². The molecule has 0 radical (unpaired) electrons. The molecule has 0 bridgehead atoms. The fourth-order valence-corrected chi connectivity index (χ4v) is 5.50. The summed E-state index contributed by atoms with van der Waals surface area (Å²) in [6.45, 7) is 3.98. The Labute approximate surface area is 189 Å². The number of H-pyrrole nitrogens is 1. The number of nitrogens with one attached hydrogen (secondary N) is 2. The van der Waals surface area contributed by atoms with E-state index < -0.39 is 0 Å². The highest BCUT2D eigenvalue weighted by molar-refractivity contribution is 7.97. The largest absolute Gasteiger partial charge is 0.492 e. The molecular weight excluding hydrogens is 402 g/mol. The van der Waals surface area contributed by atoms with Gasteiger partial charge in [-0.2, -0.15) is 0 Å². The lowest BCUT2D eigenvalue weighted by molar-refractivity contribution is 0.0876. The molecule has 2 unspecified atom stereocenters. The molecule has 1 aliphatic carbocycles. The highest BCUT2D eigenvalue weighted by atomic mass is 32.2. The number of rotatable bonds is 9. The third-order valence-electron chi connectivity index (χ3n) is 6.58. The van der Waals surface area contributed by atoms with Crippen LogP contribution in [0.2, 0.25) is 0 Å². The average molecular weight is 434 g/mol. The van der Waals surface area contributed by atoms with Crippen molar-refractivity contribution in [2.45, 2.75) is 42.5 Å². The van der Waals surface area contributed by atoms with Crippen LogP contribution in [0.4, 0.5) is 0 Å². The number of hydrogen-bond donors (Lipinski definition) is 2. The molecule has 1 fully saturated rings. The van der Waals surface area contributed by atoms with E-state index in [4.69, 9.17) is 4.74 Å². The Morgan fingerprint density at radius 3 is 2.77 bits per heavy atom. The summed E-state index contributed by atoms with van der Waals surface area (Å²) in [7, 11) is 0. The third kappa shape index (κ3) is 5.00. The Morgan fingerprint density at radius 1 is 1.10 bits per heavy atom. The summed E-state index contributed by atoms with van der Waals surface area (Å²) in [5.41, 5.74) is 4.44. The summed E-state index contributed by atoms with van der Waals surface area (Å²) in [5, 5.41) is 0. The van der Waals surface area contributed by atoms with Gasteiger partial charge in [0.1, 0.15) is 12.4 Å². The number of benzene rings is 2. The molecule has 3 aromatic rings. The summed E-state index contributed by atoms with van der Waals surface area (Å²) in [6.07, 6.45) is 8.82. The van der Waals surface area contributed by atoms with Crippen LogP contribution in [-0.2, 0) is 12.8 Å². The van der Waals surface area contributed by atoms with Crippen LogP contribution in [0.5, 0.6) is 5.75 Å². The molecule has 0 amide bonds. The Kier molecular flexibility index (Phi) is 6.63. The van der Waals surface area contributed by atoms with Crippen LogP contribution >= 0.6 is 11.9 Å². The first-order valence-corrected chi connectivity index (χ1v) is 12.2. The van der Waals surface area contributed by atoms with Crippen molar-refractivity contribution < 1.29 is 4.74 Å². The first-order chi connectivity index (χ1) is 15.4. The minimum Gasteiger partial charge on any atom is -0.492 e. The van der Waals surface area contributed by atoms with Gasteiger partial charge in [-0.25, -0.2) is 0 Å². The molecule has 162 valence electrons. The molecule has 1 aliphatic heterocycles. The fraction of sp³-hybridized carbons (Fsp3) is 0.385. The topological polar surface area (TPSA) is 40.3 Å². The van der Waals surface area contributed by atoms with Crippen LogP contribution in [0.3, 0.4) is 0 Å². The van der Waals surface area contributed by atoms with Gasteiger partial charge in [-0.1, -0.05) is 36.4 Å². The van der Waals surface area contributed by atoms with Crippen molar-refractivity contribution in [1.29, 1.82) is 0 Å². The quantitative estimate of drug-likeness (QED) is 0.366. The summed E-state index contributed by atoms with van der Waals surface area (Å²) in [5.74, 6) is 1.53. The smallest absolute Gasteiger partial charge is 0.119 e. The maximum absolute atomic E-state index is 6.13. The number of aromatic amines is 1. The molecule has 2 heterocycles. The summed E-state index contributed by atoms with van der Waals surface area (Å²) >= 11 is 1.63. The molecule has 5 heteroatoms. The van der Waals surface area contributed by atoms with Crippen molar-refractivity contribution in [2.75, 3.05) is 26.2 Å². The van der Waals surface area contributed by atoms with E-state index in [9.17, 15) is 0 Å². The van der Waals surface area contributed by atoms with Crippen molar-refractivity contribution in [2.24, 2.45) is 0 Å². The minimum atomic E-state index is 0.539. The highest BCUT2D eigenvalue weighted by Crippen LogP contribution is 2.40. The molecule has 2 aromatic carbocycles. The SMILES string of the molecule is c1ccc(CC2c3cc(OCCNSc4cc[nH]c4)ccc3CCC2N2CCC2)cc1. The van der Waals surface area contributed by atoms with Crippen LogP contribution in [0.1, 0.15) is 35.4 Å². The molecule has 1 saturated heterocycles. The Balaban J connectivity index is 1.27. The fourth-order valence-electron chi connectivity index (χ4n) is 4.89. The number of aryl methyl sites for hydroxylation is 1. The molecule has 4 nitrogen and oxygen atoms in total. The predicted molar refractivity (Wildman–Crippen MR) is 128 cm³/mol.